The number of nitrogens with one attached hydrogen (secondary N) is 1. The Bertz CT molecular complexity index is 520. The van der Waals surface area contributed by atoms with E-state index in [0.29, 0.717) is 17.2 Å². The van der Waals surface area contributed by atoms with Crippen LogP contribution < -0.4 is 0 Å². The van der Waals surface area contributed by atoms with Crippen molar-refractivity contribution >= 4 is 17.4 Å². The molecule has 0 atom stereocenters. The molecule has 0 aliphatic rings. The van der Waals surface area contributed by atoms with Crippen molar-refractivity contribution < 1.29 is 4.79 Å². The van der Waals surface area contributed by atoms with Crippen LogP contribution in [0.25, 0.3) is 0 Å². The van der Waals surface area contributed by atoms with Gasteiger partial charge in [-0.3, -0.25) is 9.89 Å². The Balaban J connectivity index is 2.13. The lowest BCUT2D eigenvalue weighted by atomic mass is 10.1. The highest BCUT2D eigenvalue weighted by molar-refractivity contribution is 7.08. The molecule has 8 heteroatoms. The first-order chi connectivity index (χ1) is 8.59. The Morgan fingerprint density at radius 2 is 2.33 bits per heavy atom. The molecule has 0 aliphatic carbocycles. The first-order valence-electron chi connectivity index (χ1n) is 5.51. The molecule has 0 fully saturated rings. The fourth-order valence-electron chi connectivity index (χ4n) is 1.50. The molecule has 0 aliphatic heterocycles. The summed E-state index contributed by atoms with van der Waals surface area (Å²) >= 11 is 1.13. The number of hydrogen-bond acceptors (Lipinski definition) is 6. The number of H-pyrrole nitrogens is 1. The lowest BCUT2D eigenvalue weighted by molar-refractivity contribution is 0.0785. The van der Waals surface area contributed by atoms with Crippen LogP contribution in [-0.2, 0) is 6.54 Å². The van der Waals surface area contributed by atoms with Gasteiger partial charge in [-0.25, -0.2) is 4.98 Å². The van der Waals surface area contributed by atoms with Crippen LogP contribution in [0.2, 0.25) is 0 Å². The summed E-state index contributed by atoms with van der Waals surface area (Å²) in [5.74, 6) is 0.737. The largest absolute Gasteiger partial charge is 0.333 e. The Morgan fingerprint density at radius 3 is 2.94 bits per heavy atom. The highest BCUT2D eigenvalue weighted by Gasteiger charge is 2.22. The molecule has 0 bridgehead atoms. The summed E-state index contributed by atoms with van der Waals surface area (Å²) in [4.78, 5) is 18.4. The second-order valence-corrected chi connectivity index (χ2v) is 4.99. The zero-order chi connectivity index (χ0) is 13.1. The van der Waals surface area contributed by atoms with E-state index in [2.05, 4.69) is 24.8 Å². The van der Waals surface area contributed by atoms with Crippen molar-refractivity contribution in [2.75, 3.05) is 7.05 Å². The van der Waals surface area contributed by atoms with Crippen molar-refractivity contribution in [2.45, 2.75) is 26.3 Å². The van der Waals surface area contributed by atoms with Gasteiger partial charge in [-0.2, -0.15) is 5.10 Å². The molecule has 2 heterocycles. The van der Waals surface area contributed by atoms with Gasteiger partial charge in [0.25, 0.3) is 5.91 Å². The lowest BCUT2D eigenvalue weighted by Crippen LogP contribution is -2.27. The minimum Gasteiger partial charge on any atom is -0.333 e. The molecule has 0 spiro atoms. The SMILES string of the molecule is CC(C)c1nnsc1C(=O)N(C)Cc1ncn[nH]1. The van der Waals surface area contributed by atoms with E-state index in [1.165, 1.54) is 6.33 Å². The van der Waals surface area contributed by atoms with Crippen molar-refractivity contribution in [1.29, 1.82) is 0 Å². The van der Waals surface area contributed by atoms with Crippen molar-refractivity contribution in [2.24, 2.45) is 0 Å². The third kappa shape index (κ3) is 2.53. The van der Waals surface area contributed by atoms with Crippen LogP contribution in [0.4, 0.5) is 0 Å². The van der Waals surface area contributed by atoms with Crippen LogP contribution in [0.15, 0.2) is 6.33 Å². The predicted octanol–water partition coefficient (Wildman–Crippen LogP) is 1.05. The van der Waals surface area contributed by atoms with E-state index in [4.69, 9.17) is 0 Å². The fraction of sp³-hybridized carbons (Fsp3) is 0.500. The van der Waals surface area contributed by atoms with E-state index in [1.807, 2.05) is 13.8 Å². The van der Waals surface area contributed by atoms with E-state index in [9.17, 15) is 4.79 Å². The molecule has 0 aromatic carbocycles. The van der Waals surface area contributed by atoms with Crippen LogP contribution in [-0.4, -0.2) is 42.6 Å². The molecular weight excluding hydrogens is 252 g/mol. The van der Waals surface area contributed by atoms with Gasteiger partial charge in [0, 0.05) is 7.05 Å². The summed E-state index contributed by atoms with van der Waals surface area (Å²) in [6.07, 6.45) is 1.42. The number of aromatic nitrogens is 5. The van der Waals surface area contributed by atoms with Gasteiger partial charge in [0.05, 0.1) is 12.2 Å². The average Bonchev–Trinajstić information content (AvgIpc) is 2.97. The van der Waals surface area contributed by atoms with Gasteiger partial charge >= 0.3 is 0 Å². The third-order valence-corrected chi connectivity index (χ3v) is 3.18. The highest BCUT2D eigenvalue weighted by Crippen LogP contribution is 2.21. The maximum Gasteiger partial charge on any atom is 0.267 e. The smallest absolute Gasteiger partial charge is 0.267 e. The van der Waals surface area contributed by atoms with E-state index in [0.717, 1.165) is 17.2 Å². The summed E-state index contributed by atoms with van der Waals surface area (Å²) in [7, 11) is 1.72. The van der Waals surface area contributed by atoms with Crippen molar-refractivity contribution in [1.82, 2.24) is 29.7 Å². The first kappa shape index (κ1) is 12.6. The maximum absolute atomic E-state index is 12.3. The zero-order valence-electron chi connectivity index (χ0n) is 10.4. The Labute approximate surface area is 108 Å². The molecular formula is C10H14N6OS. The Hall–Kier alpha value is -1.83. The number of aromatic amines is 1. The third-order valence-electron chi connectivity index (χ3n) is 2.45. The molecule has 7 nitrogen and oxygen atoms in total. The monoisotopic (exact) mass is 266 g/mol. The number of amides is 1. The molecule has 0 saturated carbocycles. The van der Waals surface area contributed by atoms with Crippen molar-refractivity contribution in [3.05, 3.63) is 22.7 Å². The van der Waals surface area contributed by atoms with E-state index in [-0.39, 0.29) is 11.8 Å². The van der Waals surface area contributed by atoms with E-state index in [1.54, 1.807) is 11.9 Å². The van der Waals surface area contributed by atoms with Crippen LogP contribution in [0.1, 0.15) is 41.0 Å². The molecule has 1 amide bonds. The van der Waals surface area contributed by atoms with Crippen molar-refractivity contribution in [3.63, 3.8) is 0 Å². The van der Waals surface area contributed by atoms with Gasteiger partial charge in [-0.15, -0.1) is 5.10 Å². The minimum absolute atomic E-state index is 0.0925. The number of rotatable bonds is 4. The van der Waals surface area contributed by atoms with E-state index < -0.39 is 0 Å². The number of carbonyl (C=O) groups is 1. The van der Waals surface area contributed by atoms with Gasteiger partial charge in [-0.05, 0) is 17.5 Å². The normalized spacial score (nSPS) is 10.9. The summed E-state index contributed by atoms with van der Waals surface area (Å²) < 4.78 is 3.85. The van der Waals surface area contributed by atoms with Gasteiger partial charge in [-0.1, -0.05) is 18.3 Å². The topological polar surface area (TPSA) is 87.7 Å². The predicted molar refractivity (Wildman–Crippen MR) is 66.2 cm³/mol. The molecule has 0 saturated heterocycles. The van der Waals surface area contributed by atoms with Gasteiger partial charge < -0.3 is 4.90 Å². The summed E-state index contributed by atoms with van der Waals surface area (Å²) in [6, 6.07) is 0. The molecule has 96 valence electrons. The molecule has 2 rings (SSSR count). The quantitative estimate of drug-likeness (QED) is 0.893. The highest BCUT2D eigenvalue weighted by atomic mass is 32.1. The second kappa shape index (κ2) is 5.21. The van der Waals surface area contributed by atoms with Crippen molar-refractivity contribution in [3.8, 4) is 0 Å². The van der Waals surface area contributed by atoms with Gasteiger partial charge in [0.2, 0.25) is 0 Å². The number of hydrogen-bond donors (Lipinski definition) is 1. The maximum atomic E-state index is 12.3. The van der Waals surface area contributed by atoms with Gasteiger partial charge in [0.15, 0.2) is 0 Å². The second-order valence-electron chi connectivity index (χ2n) is 4.24. The van der Waals surface area contributed by atoms with E-state index >= 15 is 0 Å². The molecule has 1 N–H and O–H groups in total. The number of nitrogens with zero attached hydrogens (tertiary/aromatic N) is 5. The molecule has 0 radical (unpaired) electrons. The average molecular weight is 266 g/mol. The standard InChI is InChI=1S/C10H14N6OS/c1-6(2)8-9(18-15-14-8)10(17)16(3)4-7-11-5-12-13-7/h5-6H,4H2,1-3H3,(H,11,12,13). The van der Waals surface area contributed by atoms with Gasteiger partial charge in [0.1, 0.15) is 17.0 Å². The van der Waals surface area contributed by atoms with Crippen LogP contribution >= 0.6 is 11.5 Å². The van der Waals surface area contributed by atoms with Crippen LogP contribution in [0.3, 0.4) is 0 Å². The minimum atomic E-state index is -0.0925. The molecule has 18 heavy (non-hydrogen) atoms. The Morgan fingerprint density at radius 1 is 1.56 bits per heavy atom. The summed E-state index contributed by atoms with van der Waals surface area (Å²) in [5, 5.41) is 10.5. The van der Waals surface area contributed by atoms with Crippen LogP contribution in [0.5, 0.6) is 0 Å². The Kier molecular flexibility index (Phi) is 3.66. The van der Waals surface area contributed by atoms with Crippen LogP contribution in [0, 0.1) is 0 Å². The lowest BCUT2D eigenvalue weighted by Gasteiger charge is -2.15. The number of carbonyl (C=O) groups excluding carboxylic acids is 1. The fourth-order valence-corrected chi connectivity index (χ4v) is 2.31. The summed E-state index contributed by atoms with van der Waals surface area (Å²) in [5.41, 5.74) is 0.745. The molecule has 2 aromatic rings. The summed E-state index contributed by atoms with van der Waals surface area (Å²) in [6.45, 7) is 4.36. The zero-order valence-corrected chi connectivity index (χ0v) is 11.2. The first-order valence-corrected chi connectivity index (χ1v) is 6.29. The molecule has 2 aromatic heterocycles. The molecule has 0 unspecified atom stereocenters.